The van der Waals surface area contributed by atoms with Gasteiger partial charge < -0.3 is 19.5 Å². The average Bonchev–Trinajstić information content (AvgIpc) is 3.12. The van der Waals surface area contributed by atoms with Crippen molar-refractivity contribution in [2.45, 2.75) is 19.1 Å². The van der Waals surface area contributed by atoms with Crippen LogP contribution < -0.4 is 9.47 Å². The summed E-state index contributed by atoms with van der Waals surface area (Å²) < 4.78 is 37.8. The Morgan fingerprint density at radius 2 is 1.96 bits per heavy atom. The van der Waals surface area contributed by atoms with Gasteiger partial charge in [-0.15, -0.1) is 0 Å². The van der Waals surface area contributed by atoms with Crippen molar-refractivity contribution in [3.05, 3.63) is 59.7 Å². The highest BCUT2D eigenvalue weighted by Gasteiger charge is 2.28. The molecule has 1 aliphatic heterocycles. The summed E-state index contributed by atoms with van der Waals surface area (Å²) in [5.41, 5.74) is 0.868. The summed E-state index contributed by atoms with van der Waals surface area (Å²) in [5.74, 6) is -0.979. The van der Waals surface area contributed by atoms with E-state index >= 15 is 0 Å². The first-order valence-electron chi connectivity index (χ1n) is 8.31. The Morgan fingerprint density at radius 1 is 1.19 bits per heavy atom. The van der Waals surface area contributed by atoms with Crippen molar-refractivity contribution < 1.29 is 28.2 Å². The number of amides is 1. The summed E-state index contributed by atoms with van der Waals surface area (Å²) in [6.45, 7) is 0.860. The fourth-order valence-corrected chi connectivity index (χ4v) is 2.74. The number of carbonyl (C=O) groups is 1. The van der Waals surface area contributed by atoms with Gasteiger partial charge in [-0.2, -0.15) is 0 Å². The number of rotatable bonds is 6. The van der Waals surface area contributed by atoms with Crippen LogP contribution in [0.5, 0.6) is 11.5 Å². The summed E-state index contributed by atoms with van der Waals surface area (Å²) in [6, 6.07) is 10.0. The Bertz CT molecular complexity index is 767. The van der Waals surface area contributed by atoms with Crippen LogP contribution in [0.1, 0.15) is 12.0 Å². The van der Waals surface area contributed by atoms with E-state index in [2.05, 4.69) is 0 Å². The van der Waals surface area contributed by atoms with Crippen LogP contribution in [-0.4, -0.2) is 41.7 Å². The molecule has 0 saturated carbocycles. The molecule has 0 aromatic heterocycles. The fourth-order valence-electron chi connectivity index (χ4n) is 2.74. The molecule has 5 nitrogen and oxygen atoms in total. The Morgan fingerprint density at radius 3 is 2.69 bits per heavy atom. The maximum Gasteiger partial charge on any atom is 0.260 e. The highest BCUT2D eigenvalue weighted by Crippen LogP contribution is 2.23. The number of carbonyl (C=O) groups excluding carboxylic acids is 1. The number of likely N-dealkylation sites (tertiary alicyclic amines) is 1. The number of halogens is 2. The zero-order valence-corrected chi connectivity index (χ0v) is 14.1. The molecule has 3 rings (SSSR count). The van der Waals surface area contributed by atoms with Gasteiger partial charge in [0.25, 0.3) is 5.91 Å². The second-order valence-electron chi connectivity index (χ2n) is 6.05. The van der Waals surface area contributed by atoms with Gasteiger partial charge in [0, 0.05) is 24.6 Å². The molecule has 1 heterocycles. The first-order chi connectivity index (χ1) is 12.5. The summed E-state index contributed by atoms with van der Waals surface area (Å²) in [7, 11) is 0. The number of hydrogen-bond donors (Lipinski definition) is 0. The van der Waals surface area contributed by atoms with Crippen molar-refractivity contribution in [2.24, 2.45) is 0 Å². The van der Waals surface area contributed by atoms with Gasteiger partial charge in [0.05, 0.1) is 6.54 Å². The lowest BCUT2D eigenvalue weighted by atomic mass is 10.2. The lowest BCUT2D eigenvalue weighted by Gasteiger charge is -2.18. The van der Waals surface area contributed by atoms with Crippen LogP contribution >= 0.6 is 0 Å². The summed E-state index contributed by atoms with van der Waals surface area (Å²) in [5, 5.41) is 7.26. The minimum Gasteiger partial charge on any atom is -0.485 e. The second-order valence-corrected chi connectivity index (χ2v) is 6.05. The van der Waals surface area contributed by atoms with Crippen LogP contribution in [-0.2, 0) is 11.4 Å². The molecule has 1 unspecified atom stereocenters. The molecule has 7 heteroatoms. The van der Waals surface area contributed by atoms with Gasteiger partial charge in [0.1, 0.15) is 17.7 Å². The first-order valence-corrected chi connectivity index (χ1v) is 8.31. The maximum atomic E-state index is 13.6. The Balaban J connectivity index is 1.49. The van der Waals surface area contributed by atoms with Crippen molar-refractivity contribution in [1.82, 2.24) is 4.90 Å². The smallest absolute Gasteiger partial charge is 0.260 e. The Labute approximate surface area is 149 Å². The third-order valence-corrected chi connectivity index (χ3v) is 4.17. The van der Waals surface area contributed by atoms with Crippen LogP contribution in [0.25, 0.3) is 0 Å². The van der Waals surface area contributed by atoms with Crippen LogP contribution in [0, 0.1) is 11.6 Å². The zero-order valence-electron chi connectivity index (χ0n) is 14.1. The first kappa shape index (κ1) is 18.1. The summed E-state index contributed by atoms with van der Waals surface area (Å²) in [6.07, 6.45) is 0.159. The average molecular weight is 364 g/mol. The van der Waals surface area contributed by atoms with E-state index in [-0.39, 0.29) is 31.0 Å². The predicted molar refractivity (Wildman–Crippen MR) is 91.2 cm³/mol. The monoisotopic (exact) mass is 364 g/mol. The van der Waals surface area contributed by atoms with E-state index in [1.54, 1.807) is 29.2 Å². The van der Waals surface area contributed by atoms with Gasteiger partial charge in [-0.3, -0.25) is 4.79 Å². The molecule has 1 saturated heterocycles. The largest absolute Gasteiger partial charge is 0.485 e. The maximum absolute atomic E-state index is 13.6. The Hall–Kier alpha value is -2.67. The van der Waals surface area contributed by atoms with Crippen molar-refractivity contribution in [3.63, 3.8) is 0 Å². The molecular weight excluding hydrogens is 344 g/mol. The molecule has 0 aliphatic carbocycles. The minimum absolute atomic E-state index is 0.110. The normalized spacial score (nSPS) is 16.6. The van der Waals surface area contributed by atoms with E-state index in [1.165, 1.54) is 0 Å². The second kappa shape index (κ2) is 8.14. The van der Waals surface area contributed by atoms with Gasteiger partial charge in [0.15, 0.2) is 24.8 Å². The van der Waals surface area contributed by atoms with Gasteiger partial charge in [-0.1, -0.05) is 0 Å². The van der Waals surface area contributed by atoms with E-state index in [4.69, 9.17) is 14.6 Å². The molecule has 2 aromatic rings. The van der Waals surface area contributed by atoms with Crippen LogP contribution in [0.4, 0.5) is 8.78 Å². The van der Waals surface area contributed by atoms with Crippen molar-refractivity contribution in [3.8, 4) is 11.5 Å². The van der Waals surface area contributed by atoms with Crippen LogP contribution in [0.2, 0.25) is 0 Å². The molecular formula is C19H20F2NO4+. The molecule has 26 heavy (non-hydrogen) atoms. The summed E-state index contributed by atoms with van der Waals surface area (Å²) >= 11 is 0. The molecule has 0 spiro atoms. The lowest BCUT2D eigenvalue weighted by Crippen LogP contribution is -2.34. The van der Waals surface area contributed by atoms with Crippen molar-refractivity contribution in [2.75, 3.05) is 19.7 Å². The van der Waals surface area contributed by atoms with Gasteiger partial charge in [-0.25, -0.2) is 8.78 Å². The van der Waals surface area contributed by atoms with Gasteiger partial charge >= 0.3 is 0 Å². The molecule has 1 atom stereocenters. The third kappa shape index (κ3) is 4.49. The minimum atomic E-state index is -0.629. The van der Waals surface area contributed by atoms with E-state index in [0.29, 0.717) is 25.3 Å². The molecule has 138 valence electrons. The Kier molecular flexibility index (Phi) is 5.68. The number of benzene rings is 2. The molecule has 1 amide bonds. The third-order valence-electron chi connectivity index (χ3n) is 4.17. The molecule has 2 N–H and O–H groups in total. The van der Waals surface area contributed by atoms with Crippen LogP contribution in [0.3, 0.4) is 0 Å². The van der Waals surface area contributed by atoms with E-state index in [0.717, 1.165) is 23.8 Å². The molecule has 0 radical (unpaired) electrons. The highest BCUT2D eigenvalue weighted by atomic mass is 19.1. The topological polar surface area (TPSA) is 61.7 Å². The highest BCUT2D eigenvalue weighted by molar-refractivity contribution is 5.78. The zero-order chi connectivity index (χ0) is 18.5. The van der Waals surface area contributed by atoms with Gasteiger partial charge in [0.2, 0.25) is 0 Å². The number of hydrogen-bond acceptors (Lipinski definition) is 3. The molecule has 1 fully saturated rings. The fraction of sp³-hybridized carbons (Fsp3) is 0.316. The lowest BCUT2D eigenvalue weighted by molar-refractivity contribution is -0.132. The van der Waals surface area contributed by atoms with E-state index in [1.807, 2.05) is 0 Å². The van der Waals surface area contributed by atoms with Crippen molar-refractivity contribution >= 4 is 5.91 Å². The number of ether oxygens (including phenoxy) is 2. The predicted octanol–water partition coefficient (Wildman–Crippen LogP) is 2.25. The van der Waals surface area contributed by atoms with Crippen LogP contribution in [0.15, 0.2) is 42.5 Å². The van der Waals surface area contributed by atoms with Gasteiger partial charge in [-0.05, 0) is 36.4 Å². The summed E-state index contributed by atoms with van der Waals surface area (Å²) in [4.78, 5) is 13.8. The van der Waals surface area contributed by atoms with E-state index < -0.39 is 11.6 Å². The molecule has 2 aromatic carbocycles. The quantitative estimate of drug-likeness (QED) is 0.739. The SMILES string of the molecule is O=C(COc1ccc(C[OH2+])cc1)N1CCC(Oc2cc(F)ccc2F)C1. The number of nitrogens with zero attached hydrogens (tertiary/aromatic N) is 1. The molecule has 1 aliphatic rings. The van der Waals surface area contributed by atoms with Crippen molar-refractivity contribution in [1.29, 1.82) is 0 Å². The standard InChI is InChI=1S/C19H19F2NO4/c20-14-3-6-17(21)18(9-14)26-16-7-8-22(10-16)19(24)12-25-15-4-1-13(11-23)2-5-15/h1-6,9,16,23H,7-8,10-12H2/p+1. The molecule has 0 bridgehead atoms. The van der Waals surface area contributed by atoms with E-state index in [9.17, 15) is 13.6 Å².